The number of hydrogen-bond donors (Lipinski definition) is 1. The zero-order chi connectivity index (χ0) is 17.2. The highest BCUT2D eigenvalue weighted by atomic mass is 35.5. The van der Waals surface area contributed by atoms with Crippen LogP contribution in [0.2, 0.25) is 10.0 Å². The Hall–Kier alpha value is -1.28. The van der Waals surface area contributed by atoms with E-state index in [1.165, 1.54) is 0 Å². The van der Waals surface area contributed by atoms with Crippen LogP contribution in [-0.4, -0.2) is 27.9 Å². The van der Waals surface area contributed by atoms with Gasteiger partial charge in [0.1, 0.15) is 11.6 Å². The number of aromatic nitrogens is 2. The summed E-state index contributed by atoms with van der Waals surface area (Å²) in [5.74, 6) is -2.29. The summed E-state index contributed by atoms with van der Waals surface area (Å²) in [6, 6.07) is -0.991. The van der Waals surface area contributed by atoms with E-state index < -0.39 is 36.1 Å². The van der Waals surface area contributed by atoms with Gasteiger partial charge in [0.05, 0.1) is 17.1 Å². The van der Waals surface area contributed by atoms with Gasteiger partial charge in [0.15, 0.2) is 0 Å². The largest absolute Gasteiger partial charge is 0.393 e. The van der Waals surface area contributed by atoms with Gasteiger partial charge in [-0.2, -0.15) is 18.3 Å². The van der Waals surface area contributed by atoms with E-state index in [0.717, 1.165) is 10.9 Å². The maximum atomic E-state index is 13.0. The van der Waals surface area contributed by atoms with Crippen LogP contribution in [0.1, 0.15) is 25.7 Å². The highest BCUT2D eigenvalue weighted by molar-refractivity contribution is 6.41. The summed E-state index contributed by atoms with van der Waals surface area (Å²) in [5.41, 5.74) is -0.773. The summed E-state index contributed by atoms with van der Waals surface area (Å²) >= 11 is 11.3. The van der Waals surface area contributed by atoms with Crippen LogP contribution < -0.4 is 10.9 Å². The van der Waals surface area contributed by atoms with E-state index in [0.29, 0.717) is 12.8 Å². The van der Waals surface area contributed by atoms with E-state index in [1.54, 1.807) is 0 Å². The van der Waals surface area contributed by atoms with Crippen LogP contribution >= 0.6 is 23.2 Å². The molecule has 23 heavy (non-hydrogen) atoms. The predicted octanol–water partition coefficient (Wildman–Crippen LogP) is 2.79. The summed E-state index contributed by atoms with van der Waals surface area (Å²) in [6.45, 7) is -0.517. The topological polar surface area (TPSA) is 64.0 Å². The minimum Gasteiger partial charge on any atom is -0.351 e. The van der Waals surface area contributed by atoms with Crippen molar-refractivity contribution < 1.29 is 18.0 Å². The quantitative estimate of drug-likeness (QED) is 0.888. The first-order valence-electron chi connectivity index (χ1n) is 6.97. The minimum absolute atomic E-state index is 0.0145. The monoisotopic (exact) mass is 371 g/mol. The second kappa shape index (κ2) is 7.09. The van der Waals surface area contributed by atoms with Crippen molar-refractivity contribution in [2.75, 3.05) is 0 Å². The van der Waals surface area contributed by atoms with Crippen LogP contribution in [0.3, 0.4) is 0 Å². The number of hydrogen-bond acceptors (Lipinski definition) is 3. The van der Waals surface area contributed by atoms with Crippen molar-refractivity contribution in [3.8, 4) is 0 Å². The highest BCUT2D eigenvalue weighted by Gasteiger charge is 2.45. The van der Waals surface area contributed by atoms with Crippen molar-refractivity contribution in [1.82, 2.24) is 15.1 Å². The summed E-state index contributed by atoms with van der Waals surface area (Å²) in [7, 11) is 0. The summed E-state index contributed by atoms with van der Waals surface area (Å²) in [5, 5.41) is 5.65. The molecule has 1 amide bonds. The van der Waals surface area contributed by atoms with Crippen molar-refractivity contribution in [1.29, 1.82) is 0 Å². The molecule has 0 aromatic carbocycles. The molecule has 0 aliphatic heterocycles. The van der Waals surface area contributed by atoms with Gasteiger partial charge in [-0.15, -0.1) is 0 Å². The van der Waals surface area contributed by atoms with E-state index in [2.05, 4.69) is 10.4 Å². The molecule has 5 nitrogen and oxygen atoms in total. The Labute approximate surface area is 139 Å². The molecule has 0 saturated heterocycles. The van der Waals surface area contributed by atoms with E-state index in [-0.39, 0.29) is 22.9 Å². The molecule has 0 unspecified atom stereocenters. The lowest BCUT2D eigenvalue weighted by Gasteiger charge is -2.33. The number of carbonyl (C=O) groups is 1. The van der Waals surface area contributed by atoms with Crippen molar-refractivity contribution in [3.05, 3.63) is 26.6 Å². The highest BCUT2D eigenvalue weighted by Crippen LogP contribution is 2.37. The Morgan fingerprint density at radius 3 is 2.65 bits per heavy atom. The first kappa shape index (κ1) is 18.1. The molecule has 1 aliphatic carbocycles. The molecule has 10 heteroatoms. The lowest BCUT2D eigenvalue weighted by atomic mass is 9.84. The van der Waals surface area contributed by atoms with Crippen molar-refractivity contribution in [2.45, 2.75) is 44.4 Å². The molecule has 1 aliphatic rings. The van der Waals surface area contributed by atoms with E-state index in [1.807, 2.05) is 0 Å². The molecule has 2 atom stereocenters. The van der Waals surface area contributed by atoms with E-state index >= 15 is 0 Å². The number of halogens is 5. The predicted molar refractivity (Wildman–Crippen MR) is 78.5 cm³/mol. The fourth-order valence-corrected chi connectivity index (χ4v) is 2.91. The first-order chi connectivity index (χ1) is 10.7. The number of nitrogens with zero attached hydrogens (tertiary/aromatic N) is 2. The van der Waals surface area contributed by atoms with Gasteiger partial charge in [-0.1, -0.05) is 36.0 Å². The lowest BCUT2D eigenvalue weighted by molar-refractivity contribution is -0.189. The molecule has 0 spiro atoms. The van der Waals surface area contributed by atoms with Crippen molar-refractivity contribution in [3.63, 3.8) is 0 Å². The lowest BCUT2D eigenvalue weighted by Crippen LogP contribution is -2.49. The Morgan fingerprint density at radius 1 is 1.35 bits per heavy atom. The molecule has 1 N–H and O–H groups in total. The first-order valence-corrected chi connectivity index (χ1v) is 7.73. The molecule has 0 bridgehead atoms. The second-order valence-corrected chi connectivity index (χ2v) is 6.16. The van der Waals surface area contributed by atoms with E-state index in [4.69, 9.17) is 23.2 Å². The third kappa shape index (κ3) is 4.38. The summed E-state index contributed by atoms with van der Waals surface area (Å²) in [6.07, 6.45) is -1.94. The molecule has 2 rings (SSSR count). The summed E-state index contributed by atoms with van der Waals surface area (Å²) in [4.78, 5) is 23.7. The molecular formula is C13H14Cl2F3N3O2. The Balaban J connectivity index is 2.07. The van der Waals surface area contributed by atoms with Crippen LogP contribution in [0.5, 0.6) is 0 Å². The number of nitrogens with one attached hydrogen (secondary N) is 1. The third-order valence-electron chi connectivity index (χ3n) is 3.77. The van der Waals surface area contributed by atoms with Gasteiger partial charge in [0, 0.05) is 6.04 Å². The zero-order valence-corrected chi connectivity index (χ0v) is 13.4. The Morgan fingerprint density at radius 2 is 2.00 bits per heavy atom. The second-order valence-electron chi connectivity index (χ2n) is 5.38. The molecule has 1 aromatic rings. The maximum absolute atomic E-state index is 13.0. The van der Waals surface area contributed by atoms with Gasteiger partial charge in [-0.25, -0.2) is 4.68 Å². The molecular weight excluding hydrogens is 358 g/mol. The number of carbonyl (C=O) groups excluding carboxylic acids is 1. The molecule has 1 heterocycles. The molecule has 0 radical (unpaired) electrons. The van der Waals surface area contributed by atoms with Crippen LogP contribution in [0, 0.1) is 5.92 Å². The fourth-order valence-electron chi connectivity index (χ4n) is 2.64. The van der Waals surface area contributed by atoms with Gasteiger partial charge in [-0.3, -0.25) is 9.59 Å². The van der Waals surface area contributed by atoms with Gasteiger partial charge in [-0.05, 0) is 12.8 Å². The zero-order valence-electron chi connectivity index (χ0n) is 11.9. The maximum Gasteiger partial charge on any atom is 0.393 e. The summed E-state index contributed by atoms with van der Waals surface area (Å²) < 4.78 is 39.7. The van der Waals surface area contributed by atoms with Crippen LogP contribution in [0.4, 0.5) is 13.2 Å². The smallest absolute Gasteiger partial charge is 0.351 e. The average molecular weight is 372 g/mol. The van der Waals surface area contributed by atoms with Crippen molar-refractivity contribution >= 4 is 29.1 Å². The molecule has 1 aromatic heterocycles. The normalized spacial score (nSPS) is 22.0. The van der Waals surface area contributed by atoms with Gasteiger partial charge < -0.3 is 5.32 Å². The molecule has 1 fully saturated rings. The van der Waals surface area contributed by atoms with Gasteiger partial charge >= 0.3 is 6.18 Å². The molecule has 1 saturated carbocycles. The molecule has 128 valence electrons. The van der Waals surface area contributed by atoms with Crippen LogP contribution in [0.15, 0.2) is 11.0 Å². The Bertz CT molecular complexity index is 648. The van der Waals surface area contributed by atoms with Crippen LogP contribution in [0.25, 0.3) is 0 Å². The van der Waals surface area contributed by atoms with E-state index in [9.17, 15) is 22.8 Å². The van der Waals surface area contributed by atoms with Crippen molar-refractivity contribution in [2.24, 2.45) is 5.92 Å². The Kier molecular flexibility index (Phi) is 5.57. The van der Waals surface area contributed by atoms with Gasteiger partial charge in [0.25, 0.3) is 5.56 Å². The number of amides is 1. The fraction of sp³-hybridized carbons (Fsp3) is 0.615. The number of rotatable bonds is 3. The van der Waals surface area contributed by atoms with Crippen LogP contribution in [-0.2, 0) is 11.3 Å². The average Bonchev–Trinajstić information content (AvgIpc) is 2.47. The SMILES string of the molecule is O=C(Cn1ncc(Cl)c(Cl)c1=O)N[C@@H]1CCCC[C@H]1C(F)(F)F. The standard InChI is InChI=1S/C13H14Cl2F3N3O2/c14-8-5-19-21(12(23)11(8)15)6-10(22)20-9-4-2-1-3-7(9)13(16,17)18/h5,7,9H,1-4,6H2,(H,20,22)/t7-,9-/m1/s1. The third-order valence-corrected chi connectivity index (χ3v) is 4.52. The number of alkyl halides is 3. The minimum atomic E-state index is -4.36. The van der Waals surface area contributed by atoms with Gasteiger partial charge in [0.2, 0.25) is 5.91 Å².